The van der Waals surface area contributed by atoms with Crippen LogP contribution in [0.4, 0.5) is 14.2 Å². The van der Waals surface area contributed by atoms with Gasteiger partial charge in [-0.1, -0.05) is 19.1 Å². The lowest BCUT2D eigenvalue weighted by Crippen LogP contribution is -2.36. The molecule has 1 aliphatic heterocycles. The first-order valence-corrected chi connectivity index (χ1v) is 11.0. The van der Waals surface area contributed by atoms with Gasteiger partial charge >= 0.3 is 12.0 Å². The second-order valence-corrected chi connectivity index (χ2v) is 8.60. The number of carboxylic acids is 1. The molecule has 0 aliphatic carbocycles. The maximum atomic E-state index is 14.0. The summed E-state index contributed by atoms with van der Waals surface area (Å²) >= 11 is 0.805. The van der Waals surface area contributed by atoms with Gasteiger partial charge < -0.3 is 20.1 Å². The number of carboxylic acid groups (broad SMARTS) is 1. The van der Waals surface area contributed by atoms with Crippen LogP contribution >= 0.6 is 11.5 Å². The fourth-order valence-electron chi connectivity index (χ4n) is 3.45. The quantitative estimate of drug-likeness (QED) is 0.538. The molecule has 1 aliphatic rings. The number of aryl methyl sites for hydroxylation is 1. The third-order valence-corrected chi connectivity index (χ3v) is 5.80. The van der Waals surface area contributed by atoms with Gasteiger partial charge in [-0.05, 0) is 61.9 Å². The lowest BCUT2D eigenvalue weighted by atomic mass is 10.1. The van der Waals surface area contributed by atoms with Crippen LogP contribution < -0.4 is 15.4 Å². The summed E-state index contributed by atoms with van der Waals surface area (Å²) in [7, 11) is 0. The number of likely N-dealkylation sites (tertiary alicyclic amines) is 1. The van der Waals surface area contributed by atoms with E-state index in [0.29, 0.717) is 6.54 Å². The van der Waals surface area contributed by atoms with Crippen molar-refractivity contribution in [2.75, 3.05) is 31.5 Å². The van der Waals surface area contributed by atoms with E-state index in [9.17, 15) is 19.1 Å². The highest BCUT2D eigenvalue weighted by atomic mass is 32.1. The number of hydrogen-bond donors (Lipinski definition) is 3. The molecule has 0 radical (unpaired) electrons. The zero-order valence-corrected chi connectivity index (χ0v) is 18.4. The van der Waals surface area contributed by atoms with E-state index < -0.39 is 17.8 Å². The molecule has 8 nitrogen and oxygen atoms in total. The molecule has 0 spiro atoms. The van der Waals surface area contributed by atoms with Crippen molar-refractivity contribution in [2.45, 2.75) is 33.3 Å². The Balaban J connectivity index is 1.56. The largest absolute Gasteiger partial charge is 0.477 e. The van der Waals surface area contributed by atoms with E-state index in [1.54, 1.807) is 19.1 Å². The predicted molar refractivity (Wildman–Crippen MR) is 116 cm³/mol. The van der Waals surface area contributed by atoms with Gasteiger partial charge in [-0.3, -0.25) is 5.32 Å². The summed E-state index contributed by atoms with van der Waals surface area (Å²) in [4.78, 5) is 26.3. The number of ether oxygens (including phenoxy) is 1. The molecule has 1 fully saturated rings. The number of halogens is 1. The number of nitrogens with zero attached hydrogens (tertiary/aromatic N) is 2. The average Bonchev–Trinajstić information content (AvgIpc) is 3.35. The Hall–Kier alpha value is -2.72. The van der Waals surface area contributed by atoms with E-state index in [2.05, 4.69) is 26.8 Å². The summed E-state index contributed by atoms with van der Waals surface area (Å²) in [5.74, 6) is -1.61. The van der Waals surface area contributed by atoms with Gasteiger partial charge in [0.25, 0.3) is 0 Å². The first-order valence-electron chi connectivity index (χ1n) is 10.2. The first kappa shape index (κ1) is 23.0. The summed E-state index contributed by atoms with van der Waals surface area (Å²) in [6.07, 6.45) is 2.43. The Kier molecular flexibility index (Phi) is 7.80. The van der Waals surface area contributed by atoms with E-state index in [-0.39, 0.29) is 34.5 Å². The van der Waals surface area contributed by atoms with Gasteiger partial charge in [0.05, 0.1) is 0 Å². The number of carbonyl (C=O) groups excluding carboxylic acids is 1. The Morgan fingerprint density at radius 3 is 2.77 bits per heavy atom. The Morgan fingerprint density at radius 1 is 1.35 bits per heavy atom. The SMILES string of the molecule is Cc1ccc(COc2nsc(NC(=O)NCC(C)CN3CCCC3)c2C(=O)O)c(F)c1. The predicted octanol–water partition coefficient (Wildman–Crippen LogP) is 3.72. The molecule has 2 heterocycles. The highest BCUT2D eigenvalue weighted by Crippen LogP contribution is 2.31. The van der Waals surface area contributed by atoms with Crippen LogP contribution in [0.25, 0.3) is 0 Å². The average molecular weight is 451 g/mol. The standard InChI is InChI=1S/C21H27FN4O4S/c1-13-5-6-15(16(22)9-13)12-30-18-17(20(27)28)19(31-25-18)24-21(29)23-10-14(2)11-26-7-3-4-8-26/h5-6,9,14H,3-4,7-8,10-12H2,1-2H3,(H,27,28)(H2,23,24,29). The van der Waals surface area contributed by atoms with Gasteiger partial charge in [0.1, 0.15) is 17.4 Å². The minimum atomic E-state index is -1.29. The van der Waals surface area contributed by atoms with E-state index in [0.717, 1.165) is 36.7 Å². The van der Waals surface area contributed by atoms with E-state index in [4.69, 9.17) is 4.74 Å². The van der Waals surface area contributed by atoms with Crippen molar-refractivity contribution in [1.82, 2.24) is 14.6 Å². The fraction of sp³-hybridized carbons (Fsp3) is 0.476. The van der Waals surface area contributed by atoms with Gasteiger partial charge in [0, 0.05) is 18.7 Å². The lowest BCUT2D eigenvalue weighted by molar-refractivity contribution is 0.0693. The number of nitrogens with one attached hydrogen (secondary N) is 2. The summed E-state index contributed by atoms with van der Waals surface area (Å²) in [5, 5.41) is 14.9. The second-order valence-electron chi connectivity index (χ2n) is 7.83. The number of aromatic nitrogens is 1. The molecule has 168 valence electrons. The number of hydrogen-bond acceptors (Lipinski definition) is 6. The zero-order chi connectivity index (χ0) is 22.4. The maximum absolute atomic E-state index is 14.0. The van der Waals surface area contributed by atoms with Crippen molar-refractivity contribution in [1.29, 1.82) is 0 Å². The van der Waals surface area contributed by atoms with Crippen molar-refractivity contribution in [3.05, 3.63) is 40.7 Å². The minimum Gasteiger partial charge on any atom is -0.477 e. The van der Waals surface area contributed by atoms with Crippen LogP contribution in [0.1, 0.15) is 41.3 Å². The van der Waals surface area contributed by atoms with Crippen LogP contribution in [-0.4, -0.2) is 52.6 Å². The number of amides is 2. The topological polar surface area (TPSA) is 104 Å². The number of aromatic carboxylic acids is 1. The molecule has 3 N–H and O–H groups in total. The van der Waals surface area contributed by atoms with Crippen molar-refractivity contribution in [2.24, 2.45) is 5.92 Å². The number of anilines is 1. The highest BCUT2D eigenvalue weighted by Gasteiger charge is 2.24. The van der Waals surface area contributed by atoms with E-state index in [1.165, 1.54) is 18.9 Å². The van der Waals surface area contributed by atoms with Crippen LogP contribution in [0.15, 0.2) is 18.2 Å². The van der Waals surface area contributed by atoms with Crippen LogP contribution in [0.2, 0.25) is 0 Å². The molecule has 3 rings (SSSR count). The number of benzene rings is 1. The Morgan fingerprint density at radius 2 is 2.10 bits per heavy atom. The molecule has 1 aromatic carbocycles. The number of carbonyl (C=O) groups is 2. The van der Waals surface area contributed by atoms with Gasteiger partial charge in [-0.25, -0.2) is 14.0 Å². The summed E-state index contributed by atoms with van der Waals surface area (Å²) < 4.78 is 23.4. The summed E-state index contributed by atoms with van der Waals surface area (Å²) in [5.41, 5.74) is 0.806. The first-order chi connectivity index (χ1) is 14.8. The fourth-order valence-corrected chi connectivity index (χ4v) is 4.17. The van der Waals surface area contributed by atoms with Crippen LogP contribution in [-0.2, 0) is 6.61 Å². The zero-order valence-electron chi connectivity index (χ0n) is 17.6. The Bertz CT molecular complexity index is 930. The highest BCUT2D eigenvalue weighted by molar-refractivity contribution is 7.11. The molecule has 1 unspecified atom stereocenters. The molecule has 10 heteroatoms. The molecule has 1 aromatic heterocycles. The van der Waals surface area contributed by atoms with Crippen molar-refractivity contribution in [3.63, 3.8) is 0 Å². The van der Waals surface area contributed by atoms with Crippen LogP contribution in [0.3, 0.4) is 0 Å². The van der Waals surface area contributed by atoms with E-state index in [1.807, 2.05) is 0 Å². The van der Waals surface area contributed by atoms with Gasteiger partial charge in [0.15, 0.2) is 5.56 Å². The molecule has 0 saturated carbocycles. The van der Waals surface area contributed by atoms with Crippen LogP contribution in [0.5, 0.6) is 5.88 Å². The molecule has 31 heavy (non-hydrogen) atoms. The monoisotopic (exact) mass is 450 g/mol. The molecule has 0 bridgehead atoms. The third-order valence-electron chi connectivity index (χ3n) is 5.05. The number of rotatable bonds is 9. The van der Waals surface area contributed by atoms with Gasteiger partial charge in [0.2, 0.25) is 5.88 Å². The minimum absolute atomic E-state index is 0.0663. The normalized spacial score (nSPS) is 14.9. The summed E-state index contributed by atoms with van der Waals surface area (Å²) in [6.45, 7) is 7.23. The van der Waals surface area contributed by atoms with Crippen molar-refractivity contribution in [3.8, 4) is 5.88 Å². The lowest BCUT2D eigenvalue weighted by Gasteiger charge is -2.20. The van der Waals surface area contributed by atoms with Gasteiger partial charge in [-0.15, -0.1) is 0 Å². The molecule has 2 aromatic rings. The van der Waals surface area contributed by atoms with Crippen LogP contribution in [0, 0.1) is 18.7 Å². The molecular weight excluding hydrogens is 423 g/mol. The molecule has 1 atom stereocenters. The van der Waals surface area contributed by atoms with Gasteiger partial charge in [-0.2, -0.15) is 4.37 Å². The van der Waals surface area contributed by atoms with Crippen molar-refractivity contribution < 1.29 is 23.8 Å². The second kappa shape index (κ2) is 10.5. The smallest absolute Gasteiger partial charge is 0.344 e. The molecule has 2 amide bonds. The molecular formula is C21H27FN4O4S. The number of urea groups is 1. The van der Waals surface area contributed by atoms with E-state index >= 15 is 0 Å². The summed E-state index contributed by atoms with van der Waals surface area (Å²) in [6, 6.07) is 4.19. The molecule has 1 saturated heterocycles. The Labute approximate surface area is 184 Å². The maximum Gasteiger partial charge on any atom is 0.344 e. The van der Waals surface area contributed by atoms with Crippen molar-refractivity contribution >= 4 is 28.5 Å². The third kappa shape index (κ3) is 6.38.